The van der Waals surface area contributed by atoms with Gasteiger partial charge in [0.25, 0.3) is 0 Å². The van der Waals surface area contributed by atoms with Gasteiger partial charge >= 0.3 is 18.9 Å². The van der Waals surface area contributed by atoms with E-state index in [4.69, 9.17) is 0 Å². The second kappa shape index (κ2) is 7.81. The topological polar surface area (TPSA) is 44.8 Å². The minimum Gasteiger partial charge on any atom is -0.466 e. The highest BCUT2D eigenvalue weighted by Crippen LogP contribution is 2.30. The van der Waals surface area contributed by atoms with E-state index < -0.39 is 30.4 Å². The fourth-order valence-corrected chi connectivity index (χ4v) is 1.61. The monoisotopic (exact) mass is 328 g/mol. The fraction of sp³-hybridized carbons (Fsp3) is 0.462. The molecule has 0 radical (unpaired) electrons. The summed E-state index contributed by atoms with van der Waals surface area (Å²) >= 11 is 0. The Hall–Kier alpha value is -2.06. The summed E-state index contributed by atoms with van der Waals surface area (Å²) in [5, 5.41) is 0. The number of carbonyl (C=O) groups excluding carboxylic acids is 1. The van der Waals surface area contributed by atoms with Gasteiger partial charge in [0.2, 0.25) is 0 Å². The van der Waals surface area contributed by atoms with Crippen molar-refractivity contribution in [2.45, 2.75) is 32.7 Å². The first-order valence-corrected chi connectivity index (χ1v) is 6.20. The van der Waals surface area contributed by atoms with E-state index in [1.54, 1.807) is 6.92 Å². The van der Waals surface area contributed by atoms with Crippen molar-refractivity contribution in [2.24, 2.45) is 0 Å². The van der Waals surface area contributed by atoms with Crippen molar-refractivity contribution >= 4 is 5.97 Å². The lowest BCUT2D eigenvalue weighted by molar-refractivity contribution is -0.274. The molecule has 0 aliphatic heterocycles. The van der Waals surface area contributed by atoms with Gasteiger partial charge in [-0.05, 0) is 25.0 Å². The van der Waals surface area contributed by atoms with E-state index in [1.807, 2.05) is 0 Å². The van der Waals surface area contributed by atoms with Crippen LogP contribution in [-0.2, 0) is 16.0 Å². The molecule has 0 aromatic heterocycles. The first-order valence-electron chi connectivity index (χ1n) is 6.20. The van der Waals surface area contributed by atoms with Crippen molar-refractivity contribution < 1.29 is 41.0 Å². The number of hydrogen-bond donors (Lipinski definition) is 0. The number of esters is 1. The third kappa shape index (κ3) is 6.59. The quantitative estimate of drug-likeness (QED) is 0.566. The number of halogens is 5. The van der Waals surface area contributed by atoms with Crippen LogP contribution in [0.5, 0.6) is 11.5 Å². The molecule has 4 nitrogen and oxygen atoms in total. The van der Waals surface area contributed by atoms with E-state index in [0.717, 1.165) is 12.1 Å². The number of hydrogen-bond acceptors (Lipinski definition) is 4. The number of alkyl halides is 5. The van der Waals surface area contributed by atoms with Gasteiger partial charge in [0.1, 0.15) is 11.5 Å². The molecule has 9 heteroatoms. The van der Waals surface area contributed by atoms with Gasteiger partial charge in [-0.3, -0.25) is 4.79 Å². The Morgan fingerprint density at radius 2 is 1.95 bits per heavy atom. The Morgan fingerprint density at radius 1 is 1.27 bits per heavy atom. The molecule has 0 N–H and O–H groups in total. The third-order valence-electron chi connectivity index (χ3n) is 2.39. The highest BCUT2D eigenvalue weighted by Gasteiger charge is 2.31. The minimum atomic E-state index is -4.95. The van der Waals surface area contributed by atoms with Crippen LogP contribution in [0.15, 0.2) is 18.2 Å². The van der Waals surface area contributed by atoms with Gasteiger partial charge in [0.15, 0.2) is 0 Å². The molecule has 0 unspecified atom stereocenters. The molecular weight excluding hydrogens is 315 g/mol. The Bertz CT molecular complexity index is 502. The molecule has 0 heterocycles. The molecular formula is C13H13F5O4. The van der Waals surface area contributed by atoms with E-state index in [1.165, 1.54) is 0 Å². The first kappa shape index (κ1) is 18.0. The maximum atomic E-state index is 12.3. The maximum Gasteiger partial charge on any atom is 0.573 e. The second-order valence-electron chi connectivity index (χ2n) is 4.00. The molecule has 0 bridgehead atoms. The zero-order valence-corrected chi connectivity index (χ0v) is 11.5. The van der Waals surface area contributed by atoms with Crippen LogP contribution in [0.25, 0.3) is 0 Å². The van der Waals surface area contributed by atoms with Crippen LogP contribution in [0, 0.1) is 0 Å². The minimum absolute atomic E-state index is 0.0207. The van der Waals surface area contributed by atoms with Crippen LogP contribution in [0.2, 0.25) is 0 Å². The summed E-state index contributed by atoms with van der Waals surface area (Å²) < 4.78 is 73.4. The molecule has 0 amide bonds. The Balaban J connectivity index is 2.88. The number of benzene rings is 1. The lowest BCUT2D eigenvalue weighted by Gasteiger charge is -2.14. The van der Waals surface area contributed by atoms with Gasteiger partial charge in [-0.1, -0.05) is 6.07 Å². The van der Waals surface area contributed by atoms with Gasteiger partial charge in [0, 0.05) is 12.5 Å². The van der Waals surface area contributed by atoms with Gasteiger partial charge in [-0.15, -0.1) is 13.2 Å². The summed E-state index contributed by atoms with van der Waals surface area (Å²) in [7, 11) is 0. The molecule has 0 spiro atoms. The molecule has 0 saturated carbocycles. The average molecular weight is 328 g/mol. The molecule has 1 aromatic carbocycles. The van der Waals surface area contributed by atoms with Crippen LogP contribution < -0.4 is 9.47 Å². The van der Waals surface area contributed by atoms with E-state index in [2.05, 4.69) is 14.2 Å². The molecule has 22 heavy (non-hydrogen) atoms. The van der Waals surface area contributed by atoms with Gasteiger partial charge in [-0.25, -0.2) is 0 Å². The molecule has 0 fully saturated rings. The summed E-state index contributed by atoms with van der Waals surface area (Å²) in [6.07, 6.45) is -5.09. The summed E-state index contributed by atoms with van der Waals surface area (Å²) in [5.74, 6) is -1.73. The van der Waals surface area contributed by atoms with Crippen molar-refractivity contribution in [3.63, 3.8) is 0 Å². The second-order valence-corrected chi connectivity index (χ2v) is 4.00. The maximum absolute atomic E-state index is 12.3. The normalized spacial score (nSPS) is 11.4. The van der Waals surface area contributed by atoms with E-state index >= 15 is 0 Å². The lowest BCUT2D eigenvalue weighted by Crippen LogP contribution is -2.17. The van der Waals surface area contributed by atoms with E-state index in [0.29, 0.717) is 6.07 Å². The SMILES string of the molecule is CCOC(=O)CCc1ccc(OC(F)(F)F)cc1OC(F)F. The highest BCUT2D eigenvalue weighted by atomic mass is 19.4. The van der Waals surface area contributed by atoms with Crippen LogP contribution in [-0.4, -0.2) is 25.6 Å². The van der Waals surface area contributed by atoms with Crippen molar-refractivity contribution in [2.75, 3.05) is 6.61 Å². The Kier molecular flexibility index (Phi) is 6.39. The predicted octanol–water partition coefficient (Wildman–Crippen LogP) is 3.68. The molecule has 0 saturated heterocycles. The van der Waals surface area contributed by atoms with Crippen LogP contribution in [0.4, 0.5) is 22.0 Å². The molecule has 1 aromatic rings. The van der Waals surface area contributed by atoms with Gasteiger partial charge in [0.05, 0.1) is 6.61 Å². The zero-order chi connectivity index (χ0) is 16.8. The number of carbonyl (C=O) groups is 1. The number of ether oxygens (including phenoxy) is 3. The van der Waals surface area contributed by atoms with Gasteiger partial charge in [-0.2, -0.15) is 8.78 Å². The summed E-state index contributed by atoms with van der Waals surface area (Å²) in [4.78, 5) is 11.2. The number of rotatable bonds is 7. The van der Waals surface area contributed by atoms with Crippen molar-refractivity contribution in [1.82, 2.24) is 0 Å². The van der Waals surface area contributed by atoms with Crippen molar-refractivity contribution in [3.05, 3.63) is 23.8 Å². The Morgan fingerprint density at radius 3 is 2.50 bits per heavy atom. The summed E-state index contributed by atoms with van der Waals surface area (Å²) in [6.45, 7) is -1.45. The molecule has 0 aliphatic carbocycles. The first-order chi connectivity index (χ1) is 10.2. The van der Waals surface area contributed by atoms with Crippen molar-refractivity contribution in [1.29, 1.82) is 0 Å². The highest BCUT2D eigenvalue weighted by molar-refractivity contribution is 5.69. The standard InChI is InChI=1S/C13H13F5O4/c1-2-20-11(19)6-4-8-3-5-9(22-13(16,17)18)7-10(8)21-12(14)15/h3,5,7,12H,2,4,6H2,1H3. The predicted molar refractivity (Wildman–Crippen MR) is 64.7 cm³/mol. The van der Waals surface area contributed by atoms with Crippen LogP contribution in [0.1, 0.15) is 18.9 Å². The molecule has 0 atom stereocenters. The molecule has 0 aliphatic rings. The summed E-state index contributed by atoms with van der Waals surface area (Å²) in [5.41, 5.74) is 0.142. The van der Waals surface area contributed by atoms with Crippen LogP contribution in [0.3, 0.4) is 0 Å². The van der Waals surface area contributed by atoms with Crippen molar-refractivity contribution in [3.8, 4) is 11.5 Å². The Labute approximate surface area is 122 Å². The number of aryl methyl sites for hydroxylation is 1. The smallest absolute Gasteiger partial charge is 0.466 e. The largest absolute Gasteiger partial charge is 0.573 e. The fourth-order valence-electron chi connectivity index (χ4n) is 1.61. The van der Waals surface area contributed by atoms with Crippen LogP contribution >= 0.6 is 0 Å². The molecule has 1 rings (SSSR count). The average Bonchev–Trinajstić information content (AvgIpc) is 2.35. The summed E-state index contributed by atoms with van der Waals surface area (Å²) in [6, 6.07) is 2.77. The third-order valence-corrected chi connectivity index (χ3v) is 2.39. The van der Waals surface area contributed by atoms with E-state index in [9.17, 15) is 26.7 Å². The van der Waals surface area contributed by atoms with E-state index in [-0.39, 0.29) is 25.0 Å². The van der Waals surface area contributed by atoms with Gasteiger partial charge < -0.3 is 14.2 Å². The molecule has 124 valence electrons. The zero-order valence-electron chi connectivity index (χ0n) is 11.5. The lowest BCUT2D eigenvalue weighted by atomic mass is 10.1.